The van der Waals surface area contributed by atoms with Crippen LogP contribution in [0.4, 0.5) is 4.39 Å². The van der Waals surface area contributed by atoms with Crippen LogP contribution in [0.1, 0.15) is 17.5 Å². The number of benzene rings is 1. The number of ether oxygens (including phenoxy) is 1. The quantitative estimate of drug-likeness (QED) is 0.581. The molecular formula is C15H18FN3OS. The molecule has 1 aromatic heterocycles. The summed E-state index contributed by atoms with van der Waals surface area (Å²) < 4.78 is 20.4. The van der Waals surface area contributed by atoms with Crippen LogP contribution in [0.5, 0.6) is 0 Å². The van der Waals surface area contributed by atoms with Gasteiger partial charge in [0.2, 0.25) is 0 Å². The van der Waals surface area contributed by atoms with Crippen LogP contribution in [0.25, 0.3) is 0 Å². The van der Waals surface area contributed by atoms with Gasteiger partial charge in [0.15, 0.2) is 5.16 Å². The maximum atomic E-state index is 13.0. The molecule has 0 radical (unpaired) electrons. The van der Waals surface area contributed by atoms with Crippen molar-refractivity contribution in [3.05, 3.63) is 54.1 Å². The lowest BCUT2D eigenvalue weighted by Crippen LogP contribution is -2.06. The van der Waals surface area contributed by atoms with Crippen molar-refractivity contribution in [3.8, 4) is 0 Å². The number of allylic oxidation sites excluding steroid dienone is 1. The summed E-state index contributed by atoms with van der Waals surface area (Å²) in [6, 6.07) is 6.36. The van der Waals surface area contributed by atoms with Gasteiger partial charge in [-0.05, 0) is 24.6 Å². The summed E-state index contributed by atoms with van der Waals surface area (Å²) in [7, 11) is 1.65. The smallest absolute Gasteiger partial charge is 0.191 e. The first-order valence-corrected chi connectivity index (χ1v) is 7.56. The number of rotatable bonds is 7. The summed E-state index contributed by atoms with van der Waals surface area (Å²) in [6.45, 7) is 6.33. The SMILES string of the molecule is C=CCn1c(C)nnc1SCC(OC)c1ccc(F)cc1. The van der Waals surface area contributed by atoms with E-state index in [0.717, 1.165) is 16.5 Å². The van der Waals surface area contributed by atoms with E-state index in [2.05, 4.69) is 16.8 Å². The third-order valence-corrected chi connectivity index (χ3v) is 4.13. The first-order valence-electron chi connectivity index (χ1n) is 6.57. The van der Waals surface area contributed by atoms with Crippen molar-refractivity contribution in [3.63, 3.8) is 0 Å². The highest BCUT2D eigenvalue weighted by Gasteiger charge is 2.14. The zero-order valence-electron chi connectivity index (χ0n) is 12.1. The Morgan fingerprint density at radius 3 is 2.71 bits per heavy atom. The van der Waals surface area contributed by atoms with E-state index in [4.69, 9.17) is 4.74 Å². The van der Waals surface area contributed by atoms with Crippen LogP contribution < -0.4 is 0 Å². The van der Waals surface area contributed by atoms with Gasteiger partial charge in [0, 0.05) is 19.4 Å². The van der Waals surface area contributed by atoms with Crippen LogP contribution in [0.15, 0.2) is 42.1 Å². The summed E-state index contributed by atoms with van der Waals surface area (Å²) >= 11 is 1.56. The van der Waals surface area contributed by atoms with Gasteiger partial charge in [-0.3, -0.25) is 0 Å². The molecule has 0 bridgehead atoms. The molecule has 4 nitrogen and oxygen atoms in total. The predicted molar refractivity (Wildman–Crippen MR) is 81.8 cm³/mol. The predicted octanol–water partition coefficient (Wildman–Crippen LogP) is 3.39. The fourth-order valence-electron chi connectivity index (χ4n) is 1.94. The van der Waals surface area contributed by atoms with Crippen LogP contribution >= 0.6 is 11.8 Å². The van der Waals surface area contributed by atoms with Crippen molar-refractivity contribution >= 4 is 11.8 Å². The van der Waals surface area contributed by atoms with Gasteiger partial charge in [0.05, 0.1) is 6.10 Å². The molecule has 1 heterocycles. The zero-order valence-corrected chi connectivity index (χ0v) is 12.9. The van der Waals surface area contributed by atoms with Gasteiger partial charge < -0.3 is 9.30 Å². The Morgan fingerprint density at radius 1 is 1.38 bits per heavy atom. The topological polar surface area (TPSA) is 39.9 Å². The molecule has 0 amide bonds. The number of hydrogen-bond acceptors (Lipinski definition) is 4. The molecule has 0 spiro atoms. The van der Waals surface area contributed by atoms with Crippen molar-refractivity contribution in [2.45, 2.75) is 24.7 Å². The molecule has 1 aromatic carbocycles. The van der Waals surface area contributed by atoms with E-state index in [1.165, 1.54) is 12.1 Å². The minimum atomic E-state index is -0.248. The second kappa shape index (κ2) is 7.38. The number of halogens is 1. The molecule has 1 atom stereocenters. The average Bonchev–Trinajstić information content (AvgIpc) is 2.83. The number of methoxy groups -OCH3 is 1. The Kier molecular flexibility index (Phi) is 5.52. The lowest BCUT2D eigenvalue weighted by Gasteiger charge is -2.15. The van der Waals surface area contributed by atoms with Gasteiger partial charge in [-0.2, -0.15) is 0 Å². The average molecular weight is 307 g/mol. The molecule has 21 heavy (non-hydrogen) atoms. The van der Waals surface area contributed by atoms with E-state index < -0.39 is 0 Å². The third kappa shape index (κ3) is 3.92. The standard InChI is InChI=1S/C15H18FN3OS/c1-4-9-19-11(2)17-18-15(19)21-10-14(20-3)12-5-7-13(16)8-6-12/h4-8,14H,1,9-10H2,2-3H3. The molecule has 2 aromatic rings. The minimum absolute atomic E-state index is 0.121. The van der Waals surface area contributed by atoms with E-state index in [1.807, 2.05) is 17.6 Å². The molecule has 0 fully saturated rings. The summed E-state index contributed by atoms with van der Waals surface area (Å²) in [4.78, 5) is 0. The lowest BCUT2D eigenvalue weighted by atomic mass is 10.1. The second-order valence-corrected chi connectivity index (χ2v) is 5.50. The third-order valence-electron chi connectivity index (χ3n) is 3.10. The number of hydrogen-bond donors (Lipinski definition) is 0. The maximum Gasteiger partial charge on any atom is 0.191 e. The van der Waals surface area contributed by atoms with Gasteiger partial charge in [-0.25, -0.2) is 4.39 Å². The molecule has 112 valence electrons. The molecule has 0 aliphatic rings. The Balaban J connectivity index is 2.06. The van der Waals surface area contributed by atoms with Gasteiger partial charge >= 0.3 is 0 Å². The summed E-state index contributed by atoms with van der Waals surface area (Å²) in [5, 5.41) is 9.07. The van der Waals surface area contributed by atoms with E-state index in [-0.39, 0.29) is 11.9 Å². The highest BCUT2D eigenvalue weighted by molar-refractivity contribution is 7.99. The van der Waals surface area contributed by atoms with Crippen molar-refractivity contribution in [2.24, 2.45) is 0 Å². The van der Waals surface area contributed by atoms with Gasteiger partial charge in [-0.1, -0.05) is 30.0 Å². The molecule has 0 saturated carbocycles. The molecule has 0 aliphatic heterocycles. The highest BCUT2D eigenvalue weighted by Crippen LogP contribution is 2.26. The largest absolute Gasteiger partial charge is 0.376 e. The number of nitrogens with zero attached hydrogens (tertiary/aromatic N) is 3. The van der Waals surface area contributed by atoms with Gasteiger partial charge in [0.25, 0.3) is 0 Å². The van der Waals surface area contributed by atoms with Crippen LogP contribution in [0, 0.1) is 12.7 Å². The Bertz CT molecular complexity index is 597. The van der Waals surface area contributed by atoms with Crippen LogP contribution in [0.2, 0.25) is 0 Å². The van der Waals surface area contributed by atoms with Crippen LogP contribution in [-0.4, -0.2) is 27.6 Å². The summed E-state index contributed by atoms with van der Waals surface area (Å²) in [5.74, 6) is 1.29. The van der Waals surface area contributed by atoms with Crippen molar-refractivity contribution in [1.82, 2.24) is 14.8 Å². The van der Waals surface area contributed by atoms with Gasteiger partial charge in [0.1, 0.15) is 11.6 Å². The molecule has 0 saturated heterocycles. The lowest BCUT2D eigenvalue weighted by molar-refractivity contribution is 0.123. The maximum absolute atomic E-state index is 13.0. The first-order chi connectivity index (χ1) is 10.2. The Morgan fingerprint density at radius 2 is 2.10 bits per heavy atom. The van der Waals surface area contributed by atoms with Gasteiger partial charge in [-0.15, -0.1) is 16.8 Å². The van der Waals surface area contributed by atoms with Crippen molar-refractivity contribution in [1.29, 1.82) is 0 Å². The normalized spacial score (nSPS) is 12.3. The number of aryl methyl sites for hydroxylation is 1. The molecule has 0 aliphatic carbocycles. The van der Waals surface area contributed by atoms with E-state index in [9.17, 15) is 4.39 Å². The van der Waals surface area contributed by atoms with E-state index >= 15 is 0 Å². The van der Waals surface area contributed by atoms with Crippen molar-refractivity contribution < 1.29 is 9.13 Å². The Labute approximate surface area is 128 Å². The zero-order chi connectivity index (χ0) is 15.2. The number of aromatic nitrogens is 3. The summed E-state index contributed by atoms with van der Waals surface area (Å²) in [5.41, 5.74) is 0.943. The summed E-state index contributed by atoms with van der Waals surface area (Å²) in [6.07, 6.45) is 1.69. The highest BCUT2D eigenvalue weighted by atomic mass is 32.2. The van der Waals surface area contributed by atoms with Crippen LogP contribution in [-0.2, 0) is 11.3 Å². The molecule has 2 rings (SSSR count). The fourth-order valence-corrected chi connectivity index (χ4v) is 3.03. The monoisotopic (exact) mass is 307 g/mol. The molecule has 6 heteroatoms. The fraction of sp³-hybridized carbons (Fsp3) is 0.333. The molecule has 1 unspecified atom stereocenters. The minimum Gasteiger partial charge on any atom is -0.376 e. The molecule has 0 N–H and O–H groups in total. The first kappa shape index (κ1) is 15.7. The van der Waals surface area contributed by atoms with E-state index in [1.54, 1.807) is 31.0 Å². The second-order valence-electron chi connectivity index (χ2n) is 4.52. The van der Waals surface area contributed by atoms with Crippen LogP contribution in [0.3, 0.4) is 0 Å². The number of thioether (sulfide) groups is 1. The Hall–Kier alpha value is -1.66. The van der Waals surface area contributed by atoms with Crippen molar-refractivity contribution in [2.75, 3.05) is 12.9 Å². The molecular weight excluding hydrogens is 289 g/mol. The van der Waals surface area contributed by atoms with E-state index in [0.29, 0.717) is 12.3 Å².